The van der Waals surface area contributed by atoms with Gasteiger partial charge in [0.15, 0.2) is 18.9 Å². The van der Waals surface area contributed by atoms with Crippen molar-refractivity contribution >= 4 is 5.91 Å². The lowest BCUT2D eigenvalue weighted by molar-refractivity contribution is -0.379. The van der Waals surface area contributed by atoms with Crippen LogP contribution in [-0.4, -0.2) is 193 Å². The second-order valence-electron chi connectivity index (χ2n) is 30.3. The van der Waals surface area contributed by atoms with E-state index in [9.17, 15) is 61.0 Å². The SMILES string of the molecule is CCCCCCC/C=C\C/C=C\C/C=C\CCCCCCCCCCCCCCCCC(=O)NC(COC1OC(CO)C(OC2OC(CO)C(OC3OC(CO)C(O)C(O)C3O)C(O)C2O)C(O)C1O)C(O)/C=C/CCCCCCCCCCCCCCCCCCCCCCCCCCCCC. The number of hydrogen-bond acceptors (Lipinski definition) is 18. The number of nitrogens with one attached hydrogen (secondary N) is 1. The van der Waals surface area contributed by atoms with Gasteiger partial charge in [-0.1, -0.05) is 332 Å². The molecule has 19 heteroatoms. The van der Waals surface area contributed by atoms with Crippen molar-refractivity contribution in [2.45, 2.75) is 452 Å². The van der Waals surface area contributed by atoms with Crippen LogP contribution in [0.25, 0.3) is 0 Å². The number of allylic oxidation sites excluding steroid dienone is 7. The number of amides is 1. The Morgan fingerprint density at radius 1 is 0.350 bits per heavy atom. The highest BCUT2D eigenvalue weighted by Gasteiger charge is 2.54. The summed E-state index contributed by atoms with van der Waals surface area (Å²) in [4.78, 5) is 13.5. The third-order valence-corrected chi connectivity index (χ3v) is 21.1. The number of carbonyl (C=O) groups is 1. The second kappa shape index (κ2) is 64.6. The normalized spacial score (nSPS) is 26.2. The molecule has 0 saturated carbocycles. The summed E-state index contributed by atoms with van der Waals surface area (Å²) in [7, 11) is 0. The fourth-order valence-corrected chi connectivity index (χ4v) is 14.3. The lowest BCUT2D eigenvalue weighted by Gasteiger charge is -2.48. The van der Waals surface area contributed by atoms with Crippen LogP contribution in [0.15, 0.2) is 48.6 Å². The molecule has 3 heterocycles. The molecule has 0 aromatic heterocycles. The van der Waals surface area contributed by atoms with Crippen LogP contribution in [0.1, 0.15) is 348 Å². The van der Waals surface area contributed by atoms with Gasteiger partial charge in [0.1, 0.15) is 73.2 Å². The largest absolute Gasteiger partial charge is 0.394 e. The van der Waals surface area contributed by atoms with Crippen LogP contribution in [0, 0.1) is 0 Å². The number of carbonyl (C=O) groups excluding carboxylic acids is 1. The summed E-state index contributed by atoms with van der Waals surface area (Å²) in [6.07, 6.45) is 55.3. The van der Waals surface area contributed by atoms with Crippen LogP contribution in [0.3, 0.4) is 0 Å². The molecule has 604 valence electrons. The van der Waals surface area contributed by atoms with Crippen molar-refractivity contribution in [2.75, 3.05) is 26.4 Å². The Labute approximate surface area is 624 Å². The molecule has 0 spiro atoms. The molecule has 12 N–H and O–H groups in total. The number of aliphatic hydroxyl groups is 11. The zero-order valence-electron chi connectivity index (χ0n) is 64.8. The molecule has 1 amide bonds. The van der Waals surface area contributed by atoms with Gasteiger partial charge in [0, 0.05) is 6.42 Å². The third-order valence-electron chi connectivity index (χ3n) is 21.1. The van der Waals surface area contributed by atoms with E-state index in [0.717, 1.165) is 57.8 Å². The van der Waals surface area contributed by atoms with Crippen LogP contribution in [0.4, 0.5) is 0 Å². The molecule has 0 aliphatic carbocycles. The number of aliphatic hydroxyl groups excluding tert-OH is 11. The van der Waals surface area contributed by atoms with E-state index in [1.54, 1.807) is 6.08 Å². The number of rotatable bonds is 68. The highest BCUT2D eigenvalue weighted by molar-refractivity contribution is 5.76. The average Bonchev–Trinajstić information content (AvgIpc) is 0.781. The van der Waals surface area contributed by atoms with E-state index in [-0.39, 0.29) is 18.9 Å². The fourth-order valence-electron chi connectivity index (χ4n) is 14.3. The highest BCUT2D eigenvalue weighted by atomic mass is 16.8. The topological polar surface area (TPSA) is 307 Å². The lowest BCUT2D eigenvalue weighted by Crippen LogP contribution is -2.66. The van der Waals surface area contributed by atoms with Crippen molar-refractivity contribution in [1.29, 1.82) is 0 Å². The van der Waals surface area contributed by atoms with Crippen molar-refractivity contribution in [3.05, 3.63) is 48.6 Å². The fraction of sp³-hybridized carbons (Fsp3) is 0.893. The van der Waals surface area contributed by atoms with Crippen LogP contribution in [0.5, 0.6) is 0 Å². The molecule has 0 radical (unpaired) electrons. The highest BCUT2D eigenvalue weighted by Crippen LogP contribution is 2.33. The van der Waals surface area contributed by atoms with Crippen LogP contribution >= 0.6 is 0 Å². The minimum Gasteiger partial charge on any atom is -0.394 e. The van der Waals surface area contributed by atoms with Gasteiger partial charge in [-0.25, -0.2) is 0 Å². The number of unbranched alkanes of at least 4 members (excludes halogenated alkanes) is 46. The summed E-state index contributed by atoms with van der Waals surface area (Å²) in [6, 6.07) is -0.976. The first-order valence-corrected chi connectivity index (χ1v) is 42.4. The van der Waals surface area contributed by atoms with Crippen LogP contribution < -0.4 is 5.32 Å². The maximum atomic E-state index is 13.5. The van der Waals surface area contributed by atoms with E-state index in [1.807, 2.05) is 6.08 Å². The Kier molecular flexibility index (Phi) is 59.5. The molecule has 0 bridgehead atoms. The summed E-state index contributed by atoms with van der Waals surface area (Å²) < 4.78 is 34.5. The molecular weight excluding hydrogens is 1310 g/mol. The zero-order chi connectivity index (χ0) is 74.6. The smallest absolute Gasteiger partial charge is 0.220 e. The Bertz CT molecular complexity index is 2050. The van der Waals surface area contributed by atoms with Crippen molar-refractivity contribution in [2.24, 2.45) is 0 Å². The summed E-state index contributed by atoms with van der Waals surface area (Å²) in [6.45, 7) is 1.78. The van der Waals surface area contributed by atoms with Crippen LogP contribution in [-0.2, 0) is 33.2 Å². The van der Waals surface area contributed by atoms with Gasteiger partial charge in [-0.3, -0.25) is 4.79 Å². The average molecular weight is 1470 g/mol. The minimum atomic E-state index is -1.98. The quantitative estimate of drug-likeness (QED) is 0.0199. The number of hydrogen-bond donors (Lipinski definition) is 12. The van der Waals surface area contributed by atoms with Gasteiger partial charge in [-0.05, 0) is 57.8 Å². The monoisotopic (exact) mass is 1470 g/mol. The molecule has 3 rings (SSSR count). The maximum absolute atomic E-state index is 13.5. The Hall–Kier alpha value is -2.25. The van der Waals surface area contributed by atoms with E-state index >= 15 is 0 Å². The minimum absolute atomic E-state index is 0.243. The number of ether oxygens (including phenoxy) is 6. The van der Waals surface area contributed by atoms with Gasteiger partial charge in [0.2, 0.25) is 5.91 Å². The Balaban J connectivity index is 1.36. The molecular formula is C84H155NO18. The second-order valence-corrected chi connectivity index (χ2v) is 30.3. The zero-order valence-corrected chi connectivity index (χ0v) is 64.8. The standard InChI is InChI=1S/C84H155NO18/c1-3-5-7-9-11-13-15-17-19-21-23-25-27-29-31-33-35-37-39-41-43-45-47-49-51-53-55-57-59-61-68(89)67(85-72(90)62-60-58-56-54-52-50-48-46-44-42-40-38-36-34-32-30-28-26-24-22-20-18-16-14-12-10-8-6-4-2)66-98-82-78(96)75(93)80(70(64-87)100-82)103-84-79(97)76(94)81(71(65-88)101-84)102-83-77(95)74(92)73(91)69(63-86)99-83/h16,18,22,24,28,30,59,61,67-71,73-84,86-89,91-97H,3-15,17,19-21,23,25-27,29,31-58,60,62-66H2,1-2H3,(H,85,90)/b18-16-,24-22-,30-28-,61-59+. The van der Waals surface area contributed by atoms with E-state index in [1.165, 1.54) is 263 Å². The molecule has 0 aromatic rings. The van der Waals surface area contributed by atoms with Crippen molar-refractivity contribution in [3.8, 4) is 0 Å². The molecule has 3 saturated heterocycles. The van der Waals surface area contributed by atoms with Gasteiger partial charge in [0.05, 0.1) is 38.6 Å². The van der Waals surface area contributed by atoms with Gasteiger partial charge >= 0.3 is 0 Å². The first kappa shape index (κ1) is 95.0. The molecule has 3 fully saturated rings. The summed E-state index contributed by atoms with van der Waals surface area (Å²) in [5.41, 5.74) is 0. The molecule has 103 heavy (non-hydrogen) atoms. The van der Waals surface area contributed by atoms with Gasteiger partial charge in [-0.15, -0.1) is 0 Å². The van der Waals surface area contributed by atoms with E-state index in [2.05, 4.69) is 55.6 Å². The molecule has 3 aliphatic heterocycles. The van der Waals surface area contributed by atoms with Crippen molar-refractivity contribution in [3.63, 3.8) is 0 Å². The molecule has 17 atom stereocenters. The predicted molar refractivity (Wildman–Crippen MR) is 411 cm³/mol. The van der Waals surface area contributed by atoms with E-state index in [4.69, 9.17) is 28.4 Å². The Morgan fingerprint density at radius 3 is 1.00 bits per heavy atom. The molecule has 3 aliphatic rings. The summed E-state index contributed by atoms with van der Waals surface area (Å²) in [5, 5.41) is 121. The van der Waals surface area contributed by atoms with Gasteiger partial charge < -0.3 is 89.9 Å². The summed E-state index contributed by atoms with van der Waals surface area (Å²) in [5.74, 6) is -0.272. The maximum Gasteiger partial charge on any atom is 0.220 e. The van der Waals surface area contributed by atoms with E-state index in [0.29, 0.717) is 6.42 Å². The first-order valence-electron chi connectivity index (χ1n) is 42.4. The Morgan fingerprint density at radius 2 is 0.641 bits per heavy atom. The molecule has 0 aromatic carbocycles. The summed E-state index contributed by atoms with van der Waals surface area (Å²) >= 11 is 0. The van der Waals surface area contributed by atoms with Gasteiger partial charge in [-0.2, -0.15) is 0 Å². The molecule has 17 unspecified atom stereocenters. The van der Waals surface area contributed by atoms with Crippen molar-refractivity contribution < 1.29 is 89.4 Å². The third kappa shape index (κ3) is 44.3. The van der Waals surface area contributed by atoms with Crippen molar-refractivity contribution in [1.82, 2.24) is 5.32 Å². The van der Waals surface area contributed by atoms with Crippen LogP contribution in [0.2, 0.25) is 0 Å². The predicted octanol–water partition coefficient (Wildman–Crippen LogP) is 14.8. The molecule has 19 nitrogen and oxygen atoms in total. The first-order chi connectivity index (χ1) is 50.3. The van der Waals surface area contributed by atoms with Gasteiger partial charge in [0.25, 0.3) is 0 Å². The lowest BCUT2D eigenvalue weighted by atomic mass is 9.96. The van der Waals surface area contributed by atoms with E-state index < -0.39 is 124 Å².